The van der Waals surface area contributed by atoms with Gasteiger partial charge in [-0.2, -0.15) is 0 Å². The van der Waals surface area contributed by atoms with Gasteiger partial charge >= 0.3 is 0 Å². The Kier molecular flexibility index (Phi) is 5.83. The summed E-state index contributed by atoms with van der Waals surface area (Å²) in [6.07, 6.45) is 0.925. The van der Waals surface area contributed by atoms with E-state index in [0.29, 0.717) is 16.3 Å². The van der Waals surface area contributed by atoms with Crippen LogP contribution >= 0.6 is 11.6 Å². The first-order valence-electron chi connectivity index (χ1n) is 7.36. The third-order valence-electron chi connectivity index (χ3n) is 3.51. The van der Waals surface area contributed by atoms with E-state index >= 15 is 0 Å². The van der Waals surface area contributed by atoms with Crippen molar-refractivity contribution in [2.75, 3.05) is 22.4 Å². The number of nitrogens with zero attached hydrogens (tertiary/aromatic N) is 2. The van der Waals surface area contributed by atoms with Crippen molar-refractivity contribution in [1.29, 1.82) is 0 Å². The van der Waals surface area contributed by atoms with Crippen molar-refractivity contribution in [3.63, 3.8) is 0 Å². The van der Waals surface area contributed by atoms with Crippen LogP contribution in [0.1, 0.15) is 5.56 Å². The number of carbonyl (C=O) groups excluding carboxylic acids is 1. The van der Waals surface area contributed by atoms with Crippen LogP contribution in [0.2, 0.25) is 5.02 Å². The number of carbonyl (C=O) groups is 1. The summed E-state index contributed by atoms with van der Waals surface area (Å²) in [7, 11) is -3.86. The van der Waals surface area contributed by atoms with Gasteiger partial charge in [0.15, 0.2) is 0 Å². The molecular formula is C16H16ClN3O5S. The molecule has 10 heteroatoms. The number of halogens is 1. The largest absolute Gasteiger partial charge is 0.323 e. The number of hydrogen-bond acceptors (Lipinski definition) is 5. The van der Waals surface area contributed by atoms with Gasteiger partial charge < -0.3 is 5.32 Å². The molecule has 2 aromatic rings. The minimum absolute atomic E-state index is 0.0657. The first-order chi connectivity index (χ1) is 12.1. The van der Waals surface area contributed by atoms with E-state index in [4.69, 9.17) is 11.6 Å². The number of sulfonamides is 1. The van der Waals surface area contributed by atoms with Crippen LogP contribution in [0.25, 0.3) is 0 Å². The number of rotatable bonds is 6. The van der Waals surface area contributed by atoms with Gasteiger partial charge in [-0.25, -0.2) is 8.42 Å². The zero-order valence-electron chi connectivity index (χ0n) is 14.0. The molecule has 8 nitrogen and oxygen atoms in total. The molecular weight excluding hydrogens is 382 g/mol. The average molecular weight is 398 g/mol. The summed E-state index contributed by atoms with van der Waals surface area (Å²) >= 11 is 5.97. The molecule has 0 saturated heterocycles. The van der Waals surface area contributed by atoms with Gasteiger partial charge in [-0.3, -0.25) is 19.2 Å². The van der Waals surface area contributed by atoms with E-state index in [0.717, 1.165) is 16.6 Å². The number of nitro groups is 1. The van der Waals surface area contributed by atoms with Crippen molar-refractivity contribution >= 4 is 44.6 Å². The number of hydrogen-bond donors (Lipinski definition) is 1. The highest BCUT2D eigenvalue weighted by Crippen LogP contribution is 2.27. The fourth-order valence-electron chi connectivity index (χ4n) is 2.24. The maximum Gasteiger partial charge on any atom is 0.271 e. The average Bonchev–Trinajstić information content (AvgIpc) is 2.54. The van der Waals surface area contributed by atoms with E-state index in [-0.39, 0.29) is 11.4 Å². The van der Waals surface area contributed by atoms with Crippen LogP contribution in [0.15, 0.2) is 42.5 Å². The Balaban J connectivity index is 2.35. The molecule has 0 heterocycles. The van der Waals surface area contributed by atoms with E-state index in [1.165, 1.54) is 12.1 Å². The van der Waals surface area contributed by atoms with E-state index < -0.39 is 27.4 Å². The van der Waals surface area contributed by atoms with Gasteiger partial charge in [-0.05, 0) is 24.6 Å². The molecule has 2 aromatic carbocycles. The van der Waals surface area contributed by atoms with Gasteiger partial charge in [0.25, 0.3) is 5.69 Å². The summed E-state index contributed by atoms with van der Waals surface area (Å²) in [6.45, 7) is 1.05. The summed E-state index contributed by atoms with van der Waals surface area (Å²) in [5, 5.41) is 13.8. The Labute approximate surface area is 155 Å². The molecule has 0 aliphatic heterocycles. The van der Waals surface area contributed by atoms with Gasteiger partial charge in [-0.1, -0.05) is 29.8 Å². The van der Waals surface area contributed by atoms with Crippen LogP contribution in [-0.2, 0) is 14.8 Å². The molecule has 0 unspecified atom stereocenters. The number of aryl methyl sites for hydroxylation is 1. The lowest BCUT2D eigenvalue weighted by Crippen LogP contribution is -2.38. The van der Waals surface area contributed by atoms with Crippen molar-refractivity contribution in [3.8, 4) is 0 Å². The third kappa shape index (κ3) is 4.70. The quantitative estimate of drug-likeness (QED) is 0.595. The Hall–Kier alpha value is -2.65. The molecule has 0 aliphatic rings. The van der Waals surface area contributed by atoms with Gasteiger partial charge in [0.2, 0.25) is 15.9 Å². The van der Waals surface area contributed by atoms with E-state index in [2.05, 4.69) is 5.32 Å². The number of para-hydroxylation sites is 1. The van der Waals surface area contributed by atoms with E-state index in [9.17, 15) is 23.3 Å². The molecule has 0 bridgehead atoms. The maximum atomic E-state index is 12.3. The SMILES string of the molecule is Cc1ccc([N+](=O)[O-])cc1N(CC(=O)Nc1ccccc1Cl)S(C)(=O)=O. The minimum Gasteiger partial charge on any atom is -0.323 e. The van der Waals surface area contributed by atoms with Gasteiger partial charge in [0.05, 0.1) is 27.6 Å². The highest BCUT2D eigenvalue weighted by atomic mass is 35.5. The first-order valence-corrected chi connectivity index (χ1v) is 9.59. The molecule has 2 rings (SSSR count). The molecule has 26 heavy (non-hydrogen) atoms. The van der Waals surface area contributed by atoms with Gasteiger partial charge in [0.1, 0.15) is 6.54 Å². The van der Waals surface area contributed by atoms with Crippen molar-refractivity contribution < 1.29 is 18.1 Å². The van der Waals surface area contributed by atoms with Crippen LogP contribution in [0, 0.1) is 17.0 Å². The Bertz CT molecular complexity index is 962. The number of benzene rings is 2. The molecule has 0 fully saturated rings. The second kappa shape index (κ2) is 7.71. The number of amides is 1. The molecule has 0 atom stereocenters. The Morgan fingerprint density at radius 3 is 2.50 bits per heavy atom. The normalized spacial score (nSPS) is 11.0. The lowest BCUT2D eigenvalue weighted by molar-refractivity contribution is -0.384. The Morgan fingerprint density at radius 2 is 1.92 bits per heavy atom. The summed E-state index contributed by atoms with van der Waals surface area (Å²) in [6, 6.07) is 10.3. The maximum absolute atomic E-state index is 12.3. The highest BCUT2D eigenvalue weighted by molar-refractivity contribution is 7.92. The van der Waals surface area contributed by atoms with E-state index in [1.54, 1.807) is 31.2 Å². The fourth-order valence-corrected chi connectivity index (χ4v) is 3.33. The smallest absolute Gasteiger partial charge is 0.271 e. The van der Waals surface area contributed by atoms with Crippen LogP contribution < -0.4 is 9.62 Å². The van der Waals surface area contributed by atoms with Gasteiger partial charge in [-0.15, -0.1) is 0 Å². The minimum atomic E-state index is -3.86. The predicted octanol–water partition coefficient (Wildman–Crippen LogP) is 2.96. The van der Waals surface area contributed by atoms with E-state index in [1.807, 2.05) is 0 Å². The van der Waals surface area contributed by atoms with Crippen LogP contribution in [0.3, 0.4) is 0 Å². The number of anilines is 2. The first kappa shape index (κ1) is 19.7. The molecule has 0 saturated carbocycles. The van der Waals surface area contributed by atoms with Crippen LogP contribution in [0.5, 0.6) is 0 Å². The molecule has 0 radical (unpaired) electrons. The predicted molar refractivity (Wildman–Crippen MR) is 100 cm³/mol. The number of non-ortho nitro benzene ring substituents is 1. The monoisotopic (exact) mass is 397 g/mol. The molecule has 138 valence electrons. The van der Waals surface area contributed by atoms with Crippen molar-refractivity contribution in [2.24, 2.45) is 0 Å². The lowest BCUT2D eigenvalue weighted by atomic mass is 10.2. The number of nitrogens with one attached hydrogen (secondary N) is 1. The van der Waals surface area contributed by atoms with Crippen molar-refractivity contribution in [2.45, 2.75) is 6.92 Å². The Morgan fingerprint density at radius 1 is 1.27 bits per heavy atom. The summed E-state index contributed by atoms with van der Waals surface area (Å²) < 4.78 is 25.2. The zero-order chi connectivity index (χ0) is 19.5. The van der Waals surface area contributed by atoms with Crippen molar-refractivity contribution in [1.82, 2.24) is 0 Å². The second-order valence-corrected chi connectivity index (χ2v) is 7.84. The zero-order valence-corrected chi connectivity index (χ0v) is 15.5. The van der Waals surface area contributed by atoms with Crippen LogP contribution in [0.4, 0.5) is 17.1 Å². The van der Waals surface area contributed by atoms with Gasteiger partial charge in [0, 0.05) is 12.1 Å². The summed E-state index contributed by atoms with van der Waals surface area (Å²) in [4.78, 5) is 22.7. The summed E-state index contributed by atoms with van der Waals surface area (Å²) in [5.74, 6) is -0.630. The van der Waals surface area contributed by atoms with Crippen LogP contribution in [-0.4, -0.2) is 32.0 Å². The molecule has 1 amide bonds. The lowest BCUT2D eigenvalue weighted by Gasteiger charge is -2.23. The van der Waals surface area contributed by atoms with Crippen molar-refractivity contribution in [3.05, 3.63) is 63.2 Å². The summed E-state index contributed by atoms with van der Waals surface area (Å²) in [5.41, 5.74) is 0.608. The topological polar surface area (TPSA) is 110 Å². The highest BCUT2D eigenvalue weighted by Gasteiger charge is 2.24. The third-order valence-corrected chi connectivity index (χ3v) is 4.96. The molecule has 0 aliphatic carbocycles. The number of nitro benzene ring substituents is 1. The molecule has 0 spiro atoms. The second-order valence-electron chi connectivity index (χ2n) is 5.53. The molecule has 0 aromatic heterocycles. The molecule has 1 N–H and O–H groups in total. The standard InChI is InChI=1S/C16H16ClN3O5S/c1-11-7-8-12(20(22)23)9-15(11)19(26(2,24)25)10-16(21)18-14-6-4-3-5-13(14)17/h3-9H,10H2,1-2H3,(H,18,21). The fraction of sp³-hybridized carbons (Fsp3) is 0.188.